The molecule has 1 unspecified atom stereocenters. The maximum absolute atomic E-state index is 8.50. The van der Waals surface area contributed by atoms with Gasteiger partial charge in [0.1, 0.15) is 0 Å². The monoisotopic (exact) mass is 178 g/mol. The van der Waals surface area contributed by atoms with Crippen LogP contribution >= 0.6 is 0 Å². The van der Waals surface area contributed by atoms with Crippen molar-refractivity contribution in [2.75, 3.05) is 18.4 Å². The first kappa shape index (κ1) is 8.53. The van der Waals surface area contributed by atoms with Gasteiger partial charge in [-0.25, -0.2) is 5.48 Å². The topological polar surface area (TPSA) is 44.3 Å². The molecule has 0 bridgehead atoms. The maximum Gasteiger partial charge on any atom is 0.0376 e. The molecular formula is C10H14N2O. The van der Waals surface area contributed by atoms with E-state index in [9.17, 15) is 0 Å². The number of benzene rings is 1. The van der Waals surface area contributed by atoms with Gasteiger partial charge in [-0.3, -0.25) is 0 Å². The van der Waals surface area contributed by atoms with Crippen molar-refractivity contribution < 1.29 is 5.21 Å². The van der Waals surface area contributed by atoms with Crippen LogP contribution in [0.15, 0.2) is 24.3 Å². The molecule has 1 aromatic rings. The second kappa shape index (κ2) is 3.77. The predicted octanol–water partition coefficient (Wildman–Crippen LogP) is 1.56. The molecule has 3 nitrogen and oxygen atoms in total. The summed E-state index contributed by atoms with van der Waals surface area (Å²) >= 11 is 0. The average molecular weight is 178 g/mol. The maximum atomic E-state index is 8.50. The highest BCUT2D eigenvalue weighted by atomic mass is 16.5. The number of hydrogen-bond acceptors (Lipinski definition) is 3. The third kappa shape index (κ3) is 1.66. The summed E-state index contributed by atoms with van der Waals surface area (Å²) in [4.78, 5) is 0. The molecule has 13 heavy (non-hydrogen) atoms. The van der Waals surface area contributed by atoms with Gasteiger partial charge in [0.2, 0.25) is 0 Å². The quantitative estimate of drug-likeness (QED) is 0.615. The molecule has 1 heterocycles. The smallest absolute Gasteiger partial charge is 0.0376 e. The highest BCUT2D eigenvalue weighted by Gasteiger charge is 2.20. The summed E-state index contributed by atoms with van der Waals surface area (Å²) in [7, 11) is 0. The summed E-state index contributed by atoms with van der Waals surface area (Å²) in [5, 5.41) is 11.9. The van der Waals surface area contributed by atoms with Gasteiger partial charge < -0.3 is 10.5 Å². The Morgan fingerprint density at radius 2 is 2.31 bits per heavy atom. The standard InChI is InChI=1S/C10H14N2O/c13-12-6-5-8-7-11-10-4-2-1-3-9(8)10/h1-4,8,11-13H,5-7H2. The summed E-state index contributed by atoms with van der Waals surface area (Å²) in [6.45, 7) is 1.64. The summed E-state index contributed by atoms with van der Waals surface area (Å²) in [5.74, 6) is 0.538. The van der Waals surface area contributed by atoms with Gasteiger partial charge >= 0.3 is 0 Å². The van der Waals surface area contributed by atoms with Crippen LogP contribution < -0.4 is 10.8 Å². The number of nitrogens with one attached hydrogen (secondary N) is 2. The minimum Gasteiger partial charge on any atom is -0.384 e. The van der Waals surface area contributed by atoms with E-state index in [2.05, 4.69) is 29.0 Å². The van der Waals surface area contributed by atoms with Crippen molar-refractivity contribution in [2.45, 2.75) is 12.3 Å². The second-order valence-electron chi connectivity index (χ2n) is 3.36. The van der Waals surface area contributed by atoms with Crippen molar-refractivity contribution in [3.8, 4) is 0 Å². The van der Waals surface area contributed by atoms with Gasteiger partial charge in [0.15, 0.2) is 0 Å². The summed E-state index contributed by atoms with van der Waals surface area (Å²) < 4.78 is 0. The van der Waals surface area contributed by atoms with E-state index in [0.29, 0.717) is 12.5 Å². The highest BCUT2D eigenvalue weighted by molar-refractivity contribution is 5.57. The zero-order valence-corrected chi connectivity index (χ0v) is 7.46. The van der Waals surface area contributed by atoms with Crippen LogP contribution in [0.5, 0.6) is 0 Å². The zero-order chi connectivity index (χ0) is 9.10. The first-order valence-corrected chi connectivity index (χ1v) is 4.61. The SMILES string of the molecule is ONCCC1CNc2ccccc21. The lowest BCUT2D eigenvalue weighted by Gasteiger charge is -2.08. The van der Waals surface area contributed by atoms with E-state index in [1.165, 1.54) is 11.3 Å². The summed E-state index contributed by atoms with van der Waals surface area (Å²) in [6, 6.07) is 8.35. The third-order valence-corrected chi connectivity index (χ3v) is 2.54. The summed E-state index contributed by atoms with van der Waals surface area (Å²) in [5.41, 5.74) is 4.81. The number of hydrogen-bond donors (Lipinski definition) is 3. The highest BCUT2D eigenvalue weighted by Crippen LogP contribution is 2.32. The fourth-order valence-corrected chi connectivity index (χ4v) is 1.85. The second-order valence-corrected chi connectivity index (χ2v) is 3.36. The van der Waals surface area contributed by atoms with E-state index in [-0.39, 0.29) is 0 Å². The van der Waals surface area contributed by atoms with Crippen molar-refractivity contribution in [1.82, 2.24) is 5.48 Å². The van der Waals surface area contributed by atoms with E-state index in [1.54, 1.807) is 0 Å². The number of rotatable bonds is 3. The Kier molecular flexibility index (Phi) is 2.47. The summed E-state index contributed by atoms with van der Waals surface area (Å²) in [6.07, 6.45) is 0.973. The van der Waals surface area contributed by atoms with Gasteiger partial charge in [-0.05, 0) is 18.1 Å². The molecule has 1 atom stereocenters. The molecule has 0 saturated heterocycles. The van der Waals surface area contributed by atoms with Crippen LogP contribution in [-0.2, 0) is 0 Å². The molecule has 0 fully saturated rings. The lowest BCUT2D eigenvalue weighted by Crippen LogP contribution is -2.13. The van der Waals surface area contributed by atoms with Crippen molar-refractivity contribution in [3.63, 3.8) is 0 Å². The Balaban J connectivity index is 2.09. The van der Waals surface area contributed by atoms with Crippen LogP contribution in [-0.4, -0.2) is 18.3 Å². The van der Waals surface area contributed by atoms with Gasteiger partial charge in [-0.2, -0.15) is 0 Å². The Morgan fingerprint density at radius 3 is 3.15 bits per heavy atom. The lowest BCUT2D eigenvalue weighted by molar-refractivity contribution is 0.163. The van der Waals surface area contributed by atoms with Gasteiger partial charge in [0.05, 0.1) is 0 Å². The van der Waals surface area contributed by atoms with E-state index >= 15 is 0 Å². The van der Waals surface area contributed by atoms with Crippen LogP contribution in [0, 0.1) is 0 Å². The first-order valence-electron chi connectivity index (χ1n) is 4.61. The molecule has 1 aliphatic rings. The van der Waals surface area contributed by atoms with E-state index in [1.807, 2.05) is 6.07 Å². The molecule has 3 heteroatoms. The number of para-hydroxylation sites is 1. The van der Waals surface area contributed by atoms with Gasteiger partial charge in [-0.1, -0.05) is 18.2 Å². The Bertz CT molecular complexity index is 288. The van der Waals surface area contributed by atoms with Crippen LogP contribution in [0.1, 0.15) is 17.9 Å². The number of hydroxylamine groups is 1. The van der Waals surface area contributed by atoms with Crippen molar-refractivity contribution >= 4 is 5.69 Å². The minimum absolute atomic E-state index is 0.538. The van der Waals surface area contributed by atoms with Crippen molar-refractivity contribution in [3.05, 3.63) is 29.8 Å². The molecule has 0 aliphatic carbocycles. The van der Waals surface area contributed by atoms with Crippen LogP contribution in [0.25, 0.3) is 0 Å². The van der Waals surface area contributed by atoms with E-state index in [4.69, 9.17) is 5.21 Å². The van der Waals surface area contributed by atoms with Crippen molar-refractivity contribution in [2.24, 2.45) is 0 Å². The normalized spacial score (nSPS) is 19.6. The van der Waals surface area contributed by atoms with Gasteiger partial charge in [0.25, 0.3) is 0 Å². The Labute approximate surface area is 77.7 Å². The predicted molar refractivity (Wildman–Crippen MR) is 52.1 cm³/mol. The van der Waals surface area contributed by atoms with E-state index in [0.717, 1.165) is 13.0 Å². The first-order chi connectivity index (χ1) is 6.42. The third-order valence-electron chi connectivity index (χ3n) is 2.54. The molecule has 2 rings (SSSR count). The number of fused-ring (bicyclic) bond motifs is 1. The fraction of sp³-hybridized carbons (Fsp3) is 0.400. The number of anilines is 1. The molecule has 3 N–H and O–H groups in total. The molecule has 0 radical (unpaired) electrons. The van der Waals surface area contributed by atoms with Gasteiger partial charge in [0, 0.05) is 24.7 Å². The van der Waals surface area contributed by atoms with E-state index < -0.39 is 0 Å². The Hall–Kier alpha value is -1.06. The van der Waals surface area contributed by atoms with Crippen LogP contribution in [0.2, 0.25) is 0 Å². The molecule has 0 spiro atoms. The zero-order valence-electron chi connectivity index (χ0n) is 7.46. The largest absolute Gasteiger partial charge is 0.384 e. The van der Waals surface area contributed by atoms with Gasteiger partial charge in [-0.15, -0.1) is 0 Å². The molecule has 0 amide bonds. The fourth-order valence-electron chi connectivity index (χ4n) is 1.85. The Morgan fingerprint density at radius 1 is 1.46 bits per heavy atom. The lowest BCUT2D eigenvalue weighted by atomic mass is 9.98. The van der Waals surface area contributed by atoms with Crippen molar-refractivity contribution in [1.29, 1.82) is 0 Å². The molecule has 1 aromatic carbocycles. The molecule has 1 aliphatic heterocycles. The molecular weight excluding hydrogens is 164 g/mol. The molecule has 0 saturated carbocycles. The van der Waals surface area contributed by atoms with Crippen LogP contribution in [0.3, 0.4) is 0 Å². The molecule has 0 aromatic heterocycles. The molecule has 70 valence electrons. The average Bonchev–Trinajstić information content (AvgIpc) is 2.58. The minimum atomic E-state index is 0.538. The van der Waals surface area contributed by atoms with Crippen LogP contribution in [0.4, 0.5) is 5.69 Å².